The number of rotatable bonds is 6. The second kappa shape index (κ2) is 9.74. The summed E-state index contributed by atoms with van der Waals surface area (Å²) in [4.78, 5) is 32.4. The molecule has 0 spiro atoms. The van der Waals surface area contributed by atoms with Gasteiger partial charge in [0.25, 0.3) is 11.2 Å². The van der Waals surface area contributed by atoms with E-state index in [2.05, 4.69) is 20.5 Å². The van der Waals surface area contributed by atoms with Crippen LogP contribution in [-0.4, -0.2) is 34.2 Å². The van der Waals surface area contributed by atoms with E-state index in [1.54, 1.807) is 36.4 Å². The van der Waals surface area contributed by atoms with Crippen LogP contribution in [0.1, 0.15) is 30.4 Å². The lowest BCUT2D eigenvalue weighted by molar-refractivity contribution is -0.384. The van der Waals surface area contributed by atoms with Crippen LogP contribution < -0.4 is 15.9 Å². The molecule has 1 fully saturated rings. The first-order chi connectivity index (χ1) is 16.1. The molecular formula is C23H21N7O3. The van der Waals surface area contributed by atoms with Crippen LogP contribution in [0.3, 0.4) is 0 Å². The van der Waals surface area contributed by atoms with Gasteiger partial charge in [-0.05, 0) is 25.3 Å². The van der Waals surface area contributed by atoms with Gasteiger partial charge < -0.3 is 4.90 Å². The number of hydrazone groups is 1. The van der Waals surface area contributed by atoms with Gasteiger partial charge in [0.1, 0.15) is 17.3 Å². The molecule has 0 amide bonds. The zero-order chi connectivity index (χ0) is 23.2. The largest absolute Gasteiger partial charge is 0.366 e. The minimum absolute atomic E-state index is 0.0251. The van der Waals surface area contributed by atoms with Gasteiger partial charge in [-0.3, -0.25) is 19.9 Å². The second-order valence-electron chi connectivity index (χ2n) is 7.54. The van der Waals surface area contributed by atoms with Crippen LogP contribution in [0.5, 0.6) is 0 Å². The van der Waals surface area contributed by atoms with Crippen molar-refractivity contribution < 1.29 is 4.92 Å². The Hall–Kier alpha value is -4.52. The fourth-order valence-corrected chi connectivity index (χ4v) is 3.77. The molecule has 2 aromatic carbocycles. The minimum Gasteiger partial charge on any atom is -0.366 e. The molecule has 0 saturated carbocycles. The van der Waals surface area contributed by atoms with E-state index in [0.717, 1.165) is 32.4 Å². The number of hydrogen-bond donors (Lipinski definition) is 2. The summed E-state index contributed by atoms with van der Waals surface area (Å²) in [6, 6.07) is 15.7. The summed E-state index contributed by atoms with van der Waals surface area (Å²) in [6.07, 6.45) is 4.58. The smallest absolute Gasteiger partial charge is 0.293 e. The maximum absolute atomic E-state index is 12.3. The van der Waals surface area contributed by atoms with E-state index >= 15 is 0 Å². The van der Waals surface area contributed by atoms with Crippen molar-refractivity contribution in [2.75, 3.05) is 23.4 Å². The molecule has 0 radical (unpaired) electrons. The van der Waals surface area contributed by atoms with E-state index in [9.17, 15) is 20.2 Å². The van der Waals surface area contributed by atoms with Crippen LogP contribution in [0, 0.1) is 21.4 Å². The van der Waals surface area contributed by atoms with Crippen LogP contribution in [-0.2, 0) is 0 Å². The summed E-state index contributed by atoms with van der Waals surface area (Å²) >= 11 is 0. The molecule has 0 bridgehead atoms. The second-order valence-corrected chi connectivity index (χ2v) is 7.54. The molecule has 1 aliphatic rings. The van der Waals surface area contributed by atoms with Gasteiger partial charge >= 0.3 is 0 Å². The average molecular weight is 443 g/mol. The summed E-state index contributed by atoms with van der Waals surface area (Å²) in [6.45, 7) is 1.61. The molecule has 2 N–H and O–H groups in total. The van der Waals surface area contributed by atoms with E-state index in [-0.39, 0.29) is 27.8 Å². The van der Waals surface area contributed by atoms with Crippen LogP contribution in [0.15, 0.2) is 58.4 Å². The number of piperidine rings is 1. The Kier molecular flexibility index (Phi) is 6.40. The summed E-state index contributed by atoms with van der Waals surface area (Å²) < 4.78 is 0. The number of benzene rings is 2. The molecular weight excluding hydrogens is 422 g/mol. The first-order valence-electron chi connectivity index (χ1n) is 10.5. The van der Waals surface area contributed by atoms with Gasteiger partial charge in [0.2, 0.25) is 5.95 Å². The van der Waals surface area contributed by atoms with E-state index in [0.29, 0.717) is 16.8 Å². The quantitative estimate of drug-likeness (QED) is 0.336. The van der Waals surface area contributed by atoms with E-state index < -0.39 is 5.56 Å². The lowest BCUT2D eigenvalue weighted by Crippen LogP contribution is -2.29. The summed E-state index contributed by atoms with van der Waals surface area (Å²) in [7, 11) is 0. The molecule has 1 saturated heterocycles. The zero-order valence-corrected chi connectivity index (χ0v) is 17.7. The number of nitrogens with one attached hydrogen (secondary N) is 2. The Morgan fingerprint density at radius 3 is 2.64 bits per heavy atom. The predicted octanol–water partition coefficient (Wildman–Crippen LogP) is 3.65. The first-order valence-corrected chi connectivity index (χ1v) is 10.5. The standard InChI is InChI=1S/C23H21N7O3/c24-14-18-21(17-7-3-1-4-8-17)26-23(27-22(18)31)28-25-15-16-9-10-19(20(13-16)30(32)33)29-11-5-2-6-12-29/h1,3-4,7-10,13,15H,2,5-6,11-12H2,(H2,26,27,28,31). The molecule has 166 valence electrons. The third kappa shape index (κ3) is 4.88. The van der Waals surface area contributed by atoms with Gasteiger partial charge in [-0.15, -0.1) is 0 Å². The monoisotopic (exact) mass is 443 g/mol. The zero-order valence-electron chi connectivity index (χ0n) is 17.7. The molecule has 0 atom stereocenters. The number of aromatic nitrogens is 2. The molecule has 10 nitrogen and oxygen atoms in total. The number of nitrogens with zero attached hydrogens (tertiary/aromatic N) is 5. The highest BCUT2D eigenvalue weighted by Crippen LogP contribution is 2.31. The fraction of sp³-hybridized carbons (Fsp3) is 0.217. The SMILES string of the molecule is N#Cc1c(-c2ccccc2)nc(NN=Cc2ccc(N3CCCCC3)c([N+](=O)[O-])c2)[nH]c1=O. The van der Waals surface area contributed by atoms with Crippen molar-refractivity contribution in [2.45, 2.75) is 19.3 Å². The number of H-pyrrole nitrogens is 1. The number of aromatic amines is 1. The van der Waals surface area contributed by atoms with Crippen molar-refractivity contribution in [1.29, 1.82) is 5.26 Å². The van der Waals surface area contributed by atoms with Crippen LogP contribution in [0.25, 0.3) is 11.3 Å². The van der Waals surface area contributed by atoms with Gasteiger partial charge in [0, 0.05) is 30.3 Å². The minimum atomic E-state index is -0.592. The van der Waals surface area contributed by atoms with Gasteiger partial charge in [0.05, 0.1) is 16.8 Å². The topological polar surface area (TPSA) is 140 Å². The van der Waals surface area contributed by atoms with Crippen LogP contribution in [0.2, 0.25) is 0 Å². The lowest BCUT2D eigenvalue weighted by Gasteiger charge is -2.28. The molecule has 0 unspecified atom stereocenters. The number of anilines is 2. The fourth-order valence-electron chi connectivity index (χ4n) is 3.77. The average Bonchev–Trinajstić information content (AvgIpc) is 2.84. The van der Waals surface area contributed by atoms with Gasteiger partial charge in [-0.25, -0.2) is 10.4 Å². The normalized spacial score (nSPS) is 13.6. The first kappa shape index (κ1) is 21.7. The van der Waals surface area contributed by atoms with Crippen molar-refractivity contribution in [1.82, 2.24) is 9.97 Å². The van der Waals surface area contributed by atoms with Crippen molar-refractivity contribution >= 4 is 23.5 Å². The van der Waals surface area contributed by atoms with E-state index in [1.807, 2.05) is 17.0 Å². The maximum atomic E-state index is 12.3. The Morgan fingerprint density at radius 1 is 1.18 bits per heavy atom. The van der Waals surface area contributed by atoms with Crippen molar-refractivity contribution in [3.05, 3.63) is 80.1 Å². The highest BCUT2D eigenvalue weighted by atomic mass is 16.6. The number of nitro benzene ring substituents is 1. The van der Waals surface area contributed by atoms with E-state index in [1.165, 1.54) is 12.3 Å². The molecule has 0 aliphatic carbocycles. The number of hydrogen-bond acceptors (Lipinski definition) is 8. The summed E-state index contributed by atoms with van der Waals surface area (Å²) in [5, 5.41) is 25.0. The number of nitro groups is 1. The van der Waals surface area contributed by atoms with Crippen LogP contribution >= 0.6 is 0 Å². The highest BCUT2D eigenvalue weighted by Gasteiger charge is 2.21. The molecule has 1 aliphatic heterocycles. The molecule has 1 aromatic heterocycles. The third-order valence-corrected chi connectivity index (χ3v) is 5.36. The summed E-state index contributed by atoms with van der Waals surface area (Å²) in [5.74, 6) is 0.0496. The van der Waals surface area contributed by atoms with Crippen LogP contribution in [0.4, 0.5) is 17.3 Å². The Balaban J connectivity index is 1.58. The van der Waals surface area contributed by atoms with Crippen molar-refractivity contribution in [2.24, 2.45) is 5.10 Å². The van der Waals surface area contributed by atoms with Crippen molar-refractivity contribution in [3.63, 3.8) is 0 Å². The Morgan fingerprint density at radius 2 is 1.94 bits per heavy atom. The number of nitriles is 1. The third-order valence-electron chi connectivity index (χ3n) is 5.36. The van der Waals surface area contributed by atoms with Gasteiger partial charge in [-0.2, -0.15) is 10.4 Å². The maximum Gasteiger partial charge on any atom is 0.293 e. The molecule has 3 aromatic rings. The van der Waals surface area contributed by atoms with Crippen molar-refractivity contribution in [3.8, 4) is 17.3 Å². The lowest BCUT2D eigenvalue weighted by atomic mass is 10.1. The Labute approximate surface area is 189 Å². The highest BCUT2D eigenvalue weighted by molar-refractivity contribution is 5.83. The van der Waals surface area contributed by atoms with Gasteiger partial charge in [-0.1, -0.05) is 36.4 Å². The molecule has 4 rings (SSSR count). The molecule has 2 heterocycles. The summed E-state index contributed by atoms with van der Waals surface area (Å²) in [5.41, 5.74) is 3.96. The van der Waals surface area contributed by atoms with E-state index in [4.69, 9.17) is 0 Å². The Bertz CT molecular complexity index is 1290. The molecule has 10 heteroatoms. The van der Waals surface area contributed by atoms with Gasteiger partial charge in [0.15, 0.2) is 0 Å². The predicted molar refractivity (Wildman–Crippen MR) is 125 cm³/mol. The molecule has 33 heavy (non-hydrogen) atoms.